The van der Waals surface area contributed by atoms with Crippen molar-refractivity contribution in [3.05, 3.63) is 23.2 Å². The number of halogens is 1. The standard InChI is InChI=1S/C15H21ClN2O/c1-2-19-15-4-3-12(9-13(15)16)17-14-6-8-18-7-5-11(14)10-18/h3-4,9,11,14,17H,2,5-8,10H2,1H3. The highest BCUT2D eigenvalue weighted by Gasteiger charge is 2.34. The van der Waals surface area contributed by atoms with Crippen LogP contribution in [0, 0.1) is 5.92 Å². The van der Waals surface area contributed by atoms with E-state index in [2.05, 4.69) is 16.3 Å². The van der Waals surface area contributed by atoms with Gasteiger partial charge in [-0.2, -0.15) is 0 Å². The molecule has 4 heteroatoms. The van der Waals surface area contributed by atoms with Crippen LogP contribution in [0.4, 0.5) is 5.69 Å². The number of hydrogen-bond acceptors (Lipinski definition) is 3. The fourth-order valence-corrected chi connectivity index (χ4v) is 3.45. The van der Waals surface area contributed by atoms with E-state index in [1.807, 2.05) is 19.1 Å². The van der Waals surface area contributed by atoms with E-state index in [0.29, 0.717) is 17.7 Å². The first-order chi connectivity index (χ1) is 9.26. The molecule has 3 rings (SSSR count). The van der Waals surface area contributed by atoms with Crippen LogP contribution in [0.15, 0.2) is 18.2 Å². The molecular weight excluding hydrogens is 260 g/mol. The Labute approximate surface area is 119 Å². The predicted octanol–water partition coefficient (Wildman–Crippen LogP) is 3.24. The zero-order valence-electron chi connectivity index (χ0n) is 11.4. The summed E-state index contributed by atoms with van der Waals surface area (Å²) in [7, 11) is 0. The lowest BCUT2D eigenvalue weighted by atomic mass is 9.94. The number of piperidine rings is 1. The second-order valence-electron chi connectivity index (χ2n) is 5.47. The molecule has 0 aliphatic carbocycles. The maximum Gasteiger partial charge on any atom is 0.138 e. The minimum Gasteiger partial charge on any atom is -0.492 e. The van der Waals surface area contributed by atoms with Gasteiger partial charge in [-0.1, -0.05) is 11.6 Å². The zero-order chi connectivity index (χ0) is 13.2. The smallest absolute Gasteiger partial charge is 0.138 e. The van der Waals surface area contributed by atoms with Crippen molar-refractivity contribution in [2.75, 3.05) is 31.6 Å². The van der Waals surface area contributed by atoms with E-state index in [1.165, 1.54) is 32.5 Å². The van der Waals surface area contributed by atoms with Gasteiger partial charge >= 0.3 is 0 Å². The molecule has 2 heterocycles. The van der Waals surface area contributed by atoms with Crippen molar-refractivity contribution in [2.24, 2.45) is 5.92 Å². The first kappa shape index (κ1) is 13.1. The third-order valence-electron chi connectivity index (χ3n) is 4.22. The largest absolute Gasteiger partial charge is 0.492 e. The predicted molar refractivity (Wildman–Crippen MR) is 79.2 cm³/mol. The summed E-state index contributed by atoms with van der Waals surface area (Å²) in [4.78, 5) is 2.56. The summed E-state index contributed by atoms with van der Waals surface area (Å²) in [5, 5.41) is 4.34. The van der Waals surface area contributed by atoms with Gasteiger partial charge in [0, 0.05) is 24.8 Å². The summed E-state index contributed by atoms with van der Waals surface area (Å²) in [6.45, 7) is 6.36. The van der Waals surface area contributed by atoms with Gasteiger partial charge in [0.05, 0.1) is 11.6 Å². The summed E-state index contributed by atoms with van der Waals surface area (Å²) in [5.41, 5.74) is 1.11. The van der Waals surface area contributed by atoms with Gasteiger partial charge in [0.15, 0.2) is 0 Å². The number of hydrogen-bond donors (Lipinski definition) is 1. The van der Waals surface area contributed by atoms with Crippen LogP contribution in [0.5, 0.6) is 5.75 Å². The van der Waals surface area contributed by atoms with E-state index in [0.717, 1.165) is 17.4 Å². The highest BCUT2D eigenvalue weighted by Crippen LogP contribution is 2.32. The van der Waals surface area contributed by atoms with Crippen LogP contribution >= 0.6 is 11.6 Å². The van der Waals surface area contributed by atoms with Gasteiger partial charge < -0.3 is 15.0 Å². The molecule has 3 atom stereocenters. The average molecular weight is 281 g/mol. The molecule has 1 aromatic carbocycles. The van der Waals surface area contributed by atoms with Gasteiger partial charge in [0.25, 0.3) is 0 Å². The average Bonchev–Trinajstić information content (AvgIpc) is 2.79. The minimum absolute atomic E-state index is 0.591. The number of anilines is 1. The Bertz CT molecular complexity index is 452. The molecule has 1 aromatic rings. The van der Waals surface area contributed by atoms with Gasteiger partial charge in [-0.25, -0.2) is 0 Å². The van der Waals surface area contributed by atoms with Crippen molar-refractivity contribution in [1.29, 1.82) is 0 Å². The van der Waals surface area contributed by atoms with Gasteiger partial charge in [0.1, 0.15) is 5.75 Å². The van der Waals surface area contributed by atoms with Crippen molar-refractivity contribution in [2.45, 2.75) is 25.8 Å². The number of benzene rings is 1. The fraction of sp³-hybridized carbons (Fsp3) is 0.600. The molecule has 0 radical (unpaired) electrons. The summed E-state index contributed by atoms with van der Waals surface area (Å²) in [5.74, 6) is 1.56. The molecule has 3 nitrogen and oxygen atoms in total. The Morgan fingerprint density at radius 3 is 3.00 bits per heavy atom. The highest BCUT2D eigenvalue weighted by molar-refractivity contribution is 6.32. The third kappa shape index (κ3) is 2.82. The maximum atomic E-state index is 6.23. The molecule has 104 valence electrons. The summed E-state index contributed by atoms with van der Waals surface area (Å²) in [6, 6.07) is 6.59. The van der Waals surface area contributed by atoms with E-state index < -0.39 is 0 Å². The molecule has 2 aliphatic rings. The number of nitrogens with one attached hydrogen (secondary N) is 1. The molecule has 2 saturated heterocycles. The molecule has 2 fully saturated rings. The van der Waals surface area contributed by atoms with Crippen LogP contribution in [-0.2, 0) is 0 Å². The molecule has 0 saturated carbocycles. The monoisotopic (exact) mass is 280 g/mol. The third-order valence-corrected chi connectivity index (χ3v) is 4.51. The molecule has 19 heavy (non-hydrogen) atoms. The van der Waals surface area contributed by atoms with Crippen LogP contribution < -0.4 is 10.1 Å². The van der Waals surface area contributed by atoms with Gasteiger partial charge in [-0.05, 0) is 50.4 Å². The van der Waals surface area contributed by atoms with Gasteiger partial charge in [-0.15, -0.1) is 0 Å². The van der Waals surface area contributed by atoms with Crippen LogP contribution in [-0.4, -0.2) is 37.2 Å². The normalized spacial score (nSPS) is 29.3. The van der Waals surface area contributed by atoms with E-state index in [-0.39, 0.29) is 0 Å². The molecule has 1 N–H and O–H groups in total. The Hall–Kier alpha value is -0.930. The Kier molecular flexibility index (Phi) is 3.85. The summed E-state index contributed by atoms with van der Waals surface area (Å²) in [6.07, 6.45) is 2.55. The minimum atomic E-state index is 0.591. The molecule has 0 amide bonds. The Balaban J connectivity index is 1.67. The summed E-state index contributed by atoms with van der Waals surface area (Å²) < 4.78 is 5.46. The highest BCUT2D eigenvalue weighted by atomic mass is 35.5. The molecular formula is C15H21ClN2O. The lowest BCUT2D eigenvalue weighted by Gasteiger charge is -2.31. The molecule has 0 spiro atoms. The molecule has 2 aliphatic heterocycles. The fourth-order valence-electron chi connectivity index (χ4n) is 3.22. The SMILES string of the molecule is CCOc1ccc(NC2CCN3CCC2C3)cc1Cl. The second kappa shape index (κ2) is 5.59. The zero-order valence-corrected chi connectivity index (χ0v) is 12.1. The van der Waals surface area contributed by atoms with Crippen molar-refractivity contribution < 1.29 is 4.74 Å². The van der Waals surface area contributed by atoms with E-state index >= 15 is 0 Å². The maximum absolute atomic E-state index is 6.23. The molecule has 0 aromatic heterocycles. The van der Waals surface area contributed by atoms with Crippen molar-refractivity contribution in [1.82, 2.24) is 4.90 Å². The first-order valence-corrected chi connectivity index (χ1v) is 7.55. The number of nitrogens with zero attached hydrogens (tertiary/aromatic N) is 1. The molecule has 3 unspecified atom stereocenters. The van der Waals surface area contributed by atoms with Crippen LogP contribution in [0.3, 0.4) is 0 Å². The molecule has 2 bridgehead atoms. The quantitative estimate of drug-likeness (QED) is 0.916. The number of fused-ring (bicyclic) bond motifs is 2. The Morgan fingerprint density at radius 1 is 1.37 bits per heavy atom. The van der Waals surface area contributed by atoms with Crippen molar-refractivity contribution >= 4 is 17.3 Å². The lowest BCUT2D eigenvalue weighted by molar-refractivity contribution is 0.255. The van der Waals surface area contributed by atoms with Gasteiger partial charge in [0.2, 0.25) is 0 Å². The number of rotatable bonds is 4. The van der Waals surface area contributed by atoms with Crippen LogP contribution in [0.2, 0.25) is 5.02 Å². The first-order valence-electron chi connectivity index (χ1n) is 7.17. The Morgan fingerprint density at radius 2 is 2.21 bits per heavy atom. The van der Waals surface area contributed by atoms with Crippen molar-refractivity contribution in [3.63, 3.8) is 0 Å². The lowest BCUT2D eigenvalue weighted by Crippen LogP contribution is -2.39. The van der Waals surface area contributed by atoms with E-state index in [1.54, 1.807) is 0 Å². The summed E-state index contributed by atoms with van der Waals surface area (Å²) >= 11 is 6.23. The topological polar surface area (TPSA) is 24.5 Å². The van der Waals surface area contributed by atoms with Gasteiger partial charge in [-0.3, -0.25) is 0 Å². The van der Waals surface area contributed by atoms with Crippen molar-refractivity contribution in [3.8, 4) is 5.75 Å². The second-order valence-corrected chi connectivity index (χ2v) is 5.87. The number of ether oxygens (including phenoxy) is 1. The van der Waals surface area contributed by atoms with Crippen LogP contribution in [0.25, 0.3) is 0 Å². The van der Waals surface area contributed by atoms with Crippen LogP contribution in [0.1, 0.15) is 19.8 Å². The van der Waals surface area contributed by atoms with E-state index in [9.17, 15) is 0 Å². The van der Waals surface area contributed by atoms with E-state index in [4.69, 9.17) is 16.3 Å².